The Morgan fingerprint density at radius 2 is 2.00 bits per heavy atom. The first kappa shape index (κ1) is 20.0. The topological polar surface area (TPSA) is 102 Å². The molecule has 156 valence electrons. The van der Waals surface area contributed by atoms with Crippen molar-refractivity contribution in [3.05, 3.63) is 34.9 Å². The lowest BCUT2D eigenvalue weighted by Crippen LogP contribution is -2.59. The molecule has 3 heterocycles. The summed E-state index contributed by atoms with van der Waals surface area (Å²) in [4.78, 5) is 40.8. The Morgan fingerprint density at radius 1 is 1.24 bits per heavy atom. The van der Waals surface area contributed by atoms with Gasteiger partial charge in [0.2, 0.25) is 11.8 Å². The molecule has 4 rings (SSSR count). The second-order valence-corrected chi connectivity index (χ2v) is 8.88. The number of rotatable bonds is 6. The number of aliphatic hydroxyl groups is 1. The van der Waals surface area contributed by atoms with Gasteiger partial charge in [-0.25, -0.2) is 0 Å². The normalized spacial score (nSPS) is 22.7. The van der Waals surface area contributed by atoms with Crippen LogP contribution in [0.2, 0.25) is 0 Å². The Bertz CT molecular complexity index is 844. The largest absolute Gasteiger partial charge is 0.389 e. The highest BCUT2D eigenvalue weighted by molar-refractivity contribution is 6.05. The first-order valence-corrected chi connectivity index (χ1v) is 10.2. The van der Waals surface area contributed by atoms with Crippen molar-refractivity contribution in [2.24, 2.45) is 0 Å². The highest BCUT2D eigenvalue weighted by Gasteiger charge is 2.40. The molecule has 3 aliphatic rings. The van der Waals surface area contributed by atoms with E-state index in [0.29, 0.717) is 37.7 Å². The van der Waals surface area contributed by atoms with E-state index in [1.165, 1.54) is 0 Å². The summed E-state index contributed by atoms with van der Waals surface area (Å²) in [5.74, 6) is -0.833. The maximum atomic E-state index is 13.2. The Hall–Kier alpha value is -2.29. The third-order valence-corrected chi connectivity index (χ3v) is 5.88. The van der Waals surface area contributed by atoms with Crippen molar-refractivity contribution in [1.29, 1.82) is 0 Å². The van der Waals surface area contributed by atoms with E-state index < -0.39 is 17.6 Å². The predicted molar refractivity (Wildman–Crippen MR) is 106 cm³/mol. The van der Waals surface area contributed by atoms with Gasteiger partial charge in [-0.1, -0.05) is 18.2 Å². The molecule has 1 unspecified atom stereocenters. The molecule has 8 heteroatoms. The summed E-state index contributed by atoms with van der Waals surface area (Å²) in [5.41, 5.74) is 1.65. The summed E-state index contributed by atoms with van der Waals surface area (Å²) in [7, 11) is 0. The fourth-order valence-electron chi connectivity index (χ4n) is 4.38. The fourth-order valence-corrected chi connectivity index (χ4v) is 4.38. The van der Waals surface area contributed by atoms with Crippen LogP contribution < -0.4 is 10.6 Å². The number of piperidine rings is 1. The van der Waals surface area contributed by atoms with Gasteiger partial charge < -0.3 is 15.3 Å². The van der Waals surface area contributed by atoms with Crippen LogP contribution in [-0.2, 0) is 22.7 Å². The summed E-state index contributed by atoms with van der Waals surface area (Å²) in [6.07, 6.45) is 0.607. The molecule has 2 fully saturated rings. The molecule has 3 amide bonds. The van der Waals surface area contributed by atoms with Gasteiger partial charge in [0.1, 0.15) is 6.04 Å². The van der Waals surface area contributed by atoms with Gasteiger partial charge in [0, 0.05) is 50.7 Å². The molecule has 2 saturated heterocycles. The third-order valence-electron chi connectivity index (χ3n) is 5.88. The van der Waals surface area contributed by atoms with Crippen LogP contribution in [0.4, 0.5) is 0 Å². The second kappa shape index (κ2) is 7.51. The van der Waals surface area contributed by atoms with Crippen molar-refractivity contribution >= 4 is 17.7 Å². The molecule has 0 spiro atoms. The van der Waals surface area contributed by atoms with Gasteiger partial charge in [0.15, 0.2) is 0 Å². The van der Waals surface area contributed by atoms with Crippen LogP contribution in [-0.4, -0.2) is 69.9 Å². The van der Waals surface area contributed by atoms with Crippen molar-refractivity contribution in [2.45, 2.75) is 57.5 Å². The van der Waals surface area contributed by atoms with Gasteiger partial charge in [0.05, 0.1) is 5.60 Å². The van der Waals surface area contributed by atoms with E-state index >= 15 is 0 Å². The number of imide groups is 1. The van der Waals surface area contributed by atoms with Crippen LogP contribution in [0.3, 0.4) is 0 Å². The highest BCUT2D eigenvalue weighted by atomic mass is 16.3. The molecule has 0 radical (unpaired) electrons. The predicted octanol–water partition coefficient (Wildman–Crippen LogP) is -0.00770. The molecule has 29 heavy (non-hydrogen) atoms. The van der Waals surface area contributed by atoms with E-state index in [1.807, 2.05) is 18.2 Å². The minimum Gasteiger partial charge on any atom is -0.389 e. The van der Waals surface area contributed by atoms with Crippen molar-refractivity contribution in [3.8, 4) is 0 Å². The van der Waals surface area contributed by atoms with Gasteiger partial charge in [-0.2, -0.15) is 0 Å². The number of benzene rings is 1. The first-order valence-electron chi connectivity index (χ1n) is 10.2. The number of hydrogen-bond acceptors (Lipinski definition) is 6. The van der Waals surface area contributed by atoms with Gasteiger partial charge in [-0.05, 0) is 31.4 Å². The monoisotopic (exact) mass is 400 g/mol. The maximum absolute atomic E-state index is 13.2. The van der Waals surface area contributed by atoms with E-state index in [1.54, 1.807) is 18.7 Å². The average molecular weight is 400 g/mol. The summed E-state index contributed by atoms with van der Waals surface area (Å²) < 4.78 is 0. The minimum absolute atomic E-state index is 0.153. The van der Waals surface area contributed by atoms with Crippen LogP contribution in [0.1, 0.15) is 48.2 Å². The molecular formula is C21H28N4O4. The average Bonchev–Trinajstić information content (AvgIpc) is 2.89. The van der Waals surface area contributed by atoms with Crippen molar-refractivity contribution in [3.63, 3.8) is 0 Å². The Kier molecular flexibility index (Phi) is 5.18. The van der Waals surface area contributed by atoms with Crippen LogP contribution in [0.15, 0.2) is 18.2 Å². The first-order chi connectivity index (χ1) is 13.7. The Labute approximate surface area is 170 Å². The number of nitrogens with zero attached hydrogens (tertiary/aromatic N) is 2. The standard InChI is InChI=1S/C21H28N4O4/c1-21(2,29)12-24(15-8-22-9-15)10-13-4-3-5-14-11-25(20(28)18(13)14)16-6-7-17(26)23-19(16)27/h3-5,15-16,22,29H,6-12H2,1-2H3,(H,23,26,27). The van der Waals surface area contributed by atoms with Gasteiger partial charge in [0.25, 0.3) is 5.91 Å². The highest BCUT2D eigenvalue weighted by Crippen LogP contribution is 2.31. The molecule has 0 aliphatic carbocycles. The van der Waals surface area contributed by atoms with E-state index in [9.17, 15) is 19.5 Å². The third kappa shape index (κ3) is 4.05. The Morgan fingerprint density at radius 3 is 2.62 bits per heavy atom. The SMILES string of the molecule is CC(C)(O)CN(Cc1cccc2c1C(=O)N(C1CCC(=O)NC1=O)C2)C1CNC1. The molecule has 8 nitrogen and oxygen atoms in total. The summed E-state index contributed by atoms with van der Waals surface area (Å²) >= 11 is 0. The van der Waals surface area contributed by atoms with E-state index in [2.05, 4.69) is 15.5 Å². The van der Waals surface area contributed by atoms with Gasteiger partial charge in [-0.15, -0.1) is 0 Å². The molecule has 1 atom stereocenters. The lowest BCUT2D eigenvalue weighted by molar-refractivity contribution is -0.136. The van der Waals surface area contributed by atoms with Crippen LogP contribution >= 0.6 is 0 Å². The van der Waals surface area contributed by atoms with Crippen LogP contribution in [0.5, 0.6) is 0 Å². The number of amides is 3. The molecule has 1 aromatic rings. The zero-order chi connectivity index (χ0) is 20.8. The van der Waals surface area contributed by atoms with Gasteiger partial charge in [-0.3, -0.25) is 24.6 Å². The smallest absolute Gasteiger partial charge is 0.255 e. The summed E-state index contributed by atoms with van der Waals surface area (Å²) in [6, 6.07) is 5.53. The molecular weight excluding hydrogens is 372 g/mol. The lowest BCUT2D eigenvalue weighted by atomic mass is 9.99. The summed E-state index contributed by atoms with van der Waals surface area (Å²) in [5, 5.41) is 15.9. The van der Waals surface area contributed by atoms with Crippen LogP contribution in [0, 0.1) is 0 Å². The number of fused-ring (bicyclic) bond motifs is 1. The number of carbonyl (C=O) groups excluding carboxylic acids is 3. The number of carbonyl (C=O) groups is 3. The van der Waals surface area contributed by atoms with Gasteiger partial charge >= 0.3 is 0 Å². The van der Waals surface area contributed by atoms with Crippen molar-refractivity contribution in [1.82, 2.24) is 20.4 Å². The van der Waals surface area contributed by atoms with E-state index in [4.69, 9.17) is 0 Å². The minimum atomic E-state index is -0.837. The van der Waals surface area contributed by atoms with E-state index in [0.717, 1.165) is 24.2 Å². The summed E-state index contributed by atoms with van der Waals surface area (Å²) in [6.45, 7) is 6.75. The van der Waals surface area contributed by atoms with Crippen LogP contribution in [0.25, 0.3) is 0 Å². The molecule has 0 saturated carbocycles. The maximum Gasteiger partial charge on any atom is 0.255 e. The lowest BCUT2D eigenvalue weighted by Gasteiger charge is -2.41. The Balaban J connectivity index is 1.57. The molecule has 1 aromatic carbocycles. The quantitative estimate of drug-likeness (QED) is 0.581. The molecule has 3 aliphatic heterocycles. The van der Waals surface area contributed by atoms with E-state index in [-0.39, 0.29) is 18.2 Å². The number of hydrogen-bond donors (Lipinski definition) is 3. The molecule has 0 aromatic heterocycles. The van der Waals surface area contributed by atoms with Crippen molar-refractivity contribution < 1.29 is 19.5 Å². The zero-order valence-corrected chi connectivity index (χ0v) is 16.9. The number of nitrogens with one attached hydrogen (secondary N) is 2. The molecule has 3 N–H and O–H groups in total. The second-order valence-electron chi connectivity index (χ2n) is 8.88. The fraction of sp³-hybridized carbons (Fsp3) is 0.571. The zero-order valence-electron chi connectivity index (χ0n) is 16.9. The molecule has 0 bridgehead atoms. The van der Waals surface area contributed by atoms with Crippen molar-refractivity contribution in [2.75, 3.05) is 19.6 Å².